The zero-order chi connectivity index (χ0) is 11.7. The summed E-state index contributed by atoms with van der Waals surface area (Å²) < 4.78 is 0. The highest BCUT2D eigenvalue weighted by molar-refractivity contribution is 5.29. The van der Waals surface area contributed by atoms with Gasteiger partial charge in [-0.05, 0) is 50.5 Å². The zero-order valence-corrected chi connectivity index (χ0v) is 10.5. The lowest BCUT2D eigenvalue weighted by Gasteiger charge is -2.18. The van der Waals surface area contributed by atoms with Crippen LogP contribution in [0.15, 0.2) is 18.2 Å². The molecule has 1 aromatic rings. The van der Waals surface area contributed by atoms with Crippen LogP contribution < -0.4 is 0 Å². The average molecular weight is 218 g/mol. The third kappa shape index (κ3) is 2.46. The molecule has 0 aromatic heterocycles. The van der Waals surface area contributed by atoms with Gasteiger partial charge in [-0.1, -0.05) is 36.2 Å². The van der Waals surface area contributed by atoms with Crippen LogP contribution in [0.3, 0.4) is 0 Å². The Labute approximate surface area is 98.5 Å². The number of hydrogen-bond donors (Lipinski definition) is 1. The van der Waals surface area contributed by atoms with Gasteiger partial charge >= 0.3 is 0 Å². The Kier molecular flexibility index (Phi) is 3.34. The van der Waals surface area contributed by atoms with E-state index in [4.69, 9.17) is 0 Å². The molecule has 1 aliphatic rings. The Hall–Kier alpha value is -0.820. The lowest BCUT2D eigenvalue weighted by molar-refractivity contribution is 0.127. The van der Waals surface area contributed by atoms with E-state index in [-0.39, 0.29) is 6.10 Å². The van der Waals surface area contributed by atoms with Crippen LogP contribution in [0.5, 0.6) is 0 Å². The molecule has 1 aromatic carbocycles. The van der Waals surface area contributed by atoms with Gasteiger partial charge in [0.15, 0.2) is 0 Å². The van der Waals surface area contributed by atoms with E-state index < -0.39 is 0 Å². The number of hydrogen-bond acceptors (Lipinski definition) is 1. The van der Waals surface area contributed by atoms with Crippen LogP contribution in [0.2, 0.25) is 0 Å². The van der Waals surface area contributed by atoms with Gasteiger partial charge in [0.2, 0.25) is 0 Å². The van der Waals surface area contributed by atoms with Crippen molar-refractivity contribution in [3.05, 3.63) is 34.9 Å². The van der Waals surface area contributed by atoms with Crippen molar-refractivity contribution in [2.75, 3.05) is 0 Å². The summed E-state index contributed by atoms with van der Waals surface area (Å²) in [7, 11) is 0. The van der Waals surface area contributed by atoms with E-state index in [1.807, 2.05) is 0 Å². The molecule has 0 saturated heterocycles. The van der Waals surface area contributed by atoms with Crippen molar-refractivity contribution in [2.45, 2.75) is 46.1 Å². The maximum absolute atomic E-state index is 9.76. The molecule has 1 N–H and O–H groups in total. The molecule has 1 saturated carbocycles. The third-order valence-electron chi connectivity index (χ3n) is 3.96. The van der Waals surface area contributed by atoms with Crippen LogP contribution in [0.1, 0.15) is 36.5 Å². The summed E-state index contributed by atoms with van der Waals surface area (Å²) in [6, 6.07) is 6.78. The Morgan fingerprint density at radius 1 is 1.12 bits per heavy atom. The van der Waals surface area contributed by atoms with E-state index in [9.17, 15) is 5.11 Å². The second-order valence-electron chi connectivity index (χ2n) is 5.46. The van der Waals surface area contributed by atoms with Gasteiger partial charge in [-0.2, -0.15) is 0 Å². The SMILES string of the molecule is Cc1cc(C)cc(CC2CCC(O)C2C)c1. The first-order valence-corrected chi connectivity index (χ1v) is 6.31. The van der Waals surface area contributed by atoms with Crippen LogP contribution in [0.4, 0.5) is 0 Å². The summed E-state index contributed by atoms with van der Waals surface area (Å²) in [6.07, 6.45) is 3.21. The Morgan fingerprint density at radius 2 is 1.75 bits per heavy atom. The largest absolute Gasteiger partial charge is 0.393 e. The van der Waals surface area contributed by atoms with Crippen LogP contribution in [-0.4, -0.2) is 11.2 Å². The van der Waals surface area contributed by atoms with E-state index in [0.717, 1.165) is 12.8 Å². The summed E-state index contributed by atoms with van der Waals surface area (Å²) in [5.74, 6) is 1.12. The molecule has 2 rings (SSSR count). The molecule has 0 spiro atoms. The molecule has 0 bridgehead atoms. The molecule has 0 aliphatic heterocycles. The van der Waals surface area contributed by atoms with Gasteiger partial charge in [-0.25, -0.2) is 0 Å². The Morgan fingerprint density at radius 3 is 2.25 bits per heavy atom. The lowest BCUT2D eigenvalue weighted by Crippen LogP contribution is -2.16. The molecule has 16 heavy (non-hydrogen) atoms. The number of rotatable bonds is 2. The number of aryl methyl sites for hydroxylation is 2. The highest BCUT2D eigenvalue weighted by Crippen LogP contribution is 2.34. The first-order chi connectivity index (χ1) is 7.56. The predicted octanol–water partition coefficient (Wildman–Crippen LogP) is 3.25. The molecule has 1 aliphatic carbocycles. The highest BCUT2D eigenvalue weighted by Gasteiger charge is 2.31. The molecule has 0 heterocycles. The fraction of sp³-hybridized carbons (Fsp3) is 0.600. The van der Waals surface area contributed by atoms with Crippen LogP contribution in [-0.2, 0) is 6.42 Å². The molecule has 0 radical (unpaired) electrons. The van der Waals surface area contributed by atoms with Crippen LogP contribution in [0.25, 0.3) is 0 Å². The summed E-state index contributed by atoms with van der Waals surface area (Å²) in [6.45, 7) is 6.50. The zero-order valence-electron chi connectivity index (χ0n) is 10.5. The number of benzene rings is 1. The number of aliphatic hydroxyl groups excluding tert-OH is 1. The molecule has 88 valence electrons. The topological polar surface area (TPSA) is 20.2 Å². The standard InChI is InChI=1S/C15H22O/c1-10-6-11(2)8-13(7-10)9-14-4-5-15(16)12(14)3/h6-8,12,14-16H,4-5,9H2,1-3H3. The minimum absolute atomic E-state index is 0.0732. The van der Waals surface area contributed by atoms with Crippen molar-refractivity contribution in [1.29, 1.82) is 0 Å². The Bertz CT molecular complexity index is 349. The highest BCUT2D eigenvalue weighted by atomic mass is 16.3. The van der Waals surface area contributed by atoms with Crippen LogP contribution in [0, 0.1) is 25.7 Å². The fourth-order valence-electron chi connectivity index (χ4n) is 3.00. The lowest BCUT2D eigenvalue weighted by atomic mass is 9.89. The van der Waals surface area contributed by atoms with E-state index in [1.165, 1.54) is 23.1 Å². The predicted molar refractivity (Wildman–Crippen MR) is 67.5 cm³/mol. The van der Waals surface area contributed by atoms with Crippen molar-refractivity contribution < 1.29 is 5.11 Å². The van der Waals surface area contributed by atoms with Crippen molar-refractivity contribution in [1.82, 2.24) is 0 Å². The molecule has 0 amide bonds. The van der Waals surface area contributed by atoms with Gasteiger partial charge in [0.05, 0.1) is 6.10 Å². The maximum atomic E-state index is 9.76. The third-order valence-corrected chi connectivity index (χ3v) is 3.96. The van der Waals surface area contributed by atoms with Gasteiger partial charge < -0.3 is 5.11 Å². The quantitative estimate of drug-likeness (QED) is 0.808. The molecule has 3 atom stereocenters. The molecular formula is C15H22O. The summed E-state index contributed by atoms with van der Waals surface area (Å²) >= 11 is 0. The molecule has 1 nitrogen and oxygen atoms in total. The second kappa shape index (κ2) is 4.58. The normalized spacial score (nSPS) is 29.6. The van der Waals surface area contributed by atoms with Crippen molar-refractivity contribution in [3.63, 3.8) is 0 Å². The van der Waals surface area contributed by atoms with Gasteiger partial charge in [0.1, 0.15) is 0 Å². The monoisotopic (exact) mass is 218 g/mol. The van der Waals surface area contributed by atoms with E-state index in [0.29, 0.717) is 11.8 Å². The average Bonchev–Trinajstić information content (AvgIpc) is 2.48. The maximum Gasteiger partial charge on any atom is 0.0568 e. The van der Waals surface area contributed by atoms with E-state index >= 15 is 0 Å². The molecule has 1 fully saturated rings. The molecule has 3 unspecified atom stereocenters. The first kappa shape index (κ1) is 11.7. The minimum atomic E-state index is -0.0732. The van der Waals surface area contributed by atoms with E-state index in [1.54, 1.807) is 0 Å². The van der Waals surface area contributed by atoms with Gasteiger partial charge in [-0.15, -0.1) is 0 Å². The van der Waals surface area contributed by atoms with Crippen molar-refractivity contribution >= 4 is 0 Å². The summed E-state index contributed by atoms with van der Waals surface area (Å²) in [5, 5.41) is 9.76. The van der Waals surface area contributed by atoms with E-state index in [2.05, 4.69) is 39.0 Å². The smallest absolute Gasteiger partial charge is 0.0568 e. The second-order valence-corrected chi connectivity index (χ2v) is 5.46. The van der Waals surface area contributed by atoms with Crippen molar-refractivity contribution in [2.24, 2.45) is 11.8 Å². The number of aliphatic hydroxyl groups is 1. The summed E-state index contributed by atoms with van der Waals surface area (Å²) in [5.41, 5.74) is 4.13. The summed E-state index contributed by atoms with van der Waals surface area (Å²) in [4.78, 5) is 0. The fourth-order valence-corrected chi connectivity index (χ4v) is 3.00. The van der Waals surface area contributed by atoms with Gasteiger partial charge in [0, 0.05) is 0 Å². The first-order valence-electron chi connectivity index (χ1n) is 6.31. The van der Waals surface area contributed by atoms with Gasteiger partial charge in [-0.3, -0.25) is 0 Å². The minimum Gasteiger partial charge on any atom is -0.393 e. The van der Waals surface area contributed by atoms with Crippen molar-refractivity contribution in [3.8, 4) is 0 Å². The molecular weight excluding hydrogens is 196 g/mol. The Balaban J connectivity index is 2.09. The molecule has 1 heteroatoms. The van der Waals surface area contributed by atoms with Crippen LogP contribution >= 0.6 is 0 Å². The van der Waals surface area contributed by atoms with Gasteiger partial charge in [0.25, 0.3) is 0 Å².